The third-order valence-electron chi connectivity index (χ3n) is 21.7. The zero-order chi connectivity index (χ0) is 90.6. The Labute approximate surface area is 703 Å². The van der Waals surface area contributed by atoms with Gasteiger partial charge >= 0.3 is 65.7 Å². The van der Waals surface area contributed by atoms with E-state index in [0.29, 0.717) is 57.8 Å². The monoisotopic (exact) mass is 1670 g/mol. The van der Waals surface area contributed by atoms with Gasteiger partial charge < -0.3 is 75.8 Å². The molecule has 0 saturated heterocycles. The van der Waals surface area contributed by atoms with Gasteiger partial charge in [0.15, 0.2) is 26.4 Å². The Bertz CT molecular complexity index is 3000. The maximum absolute atomic E-state index is 12.4. The Hall–Kier alpha value is -6.03. The number of hydrogen-bond acceptors (Lipinski definition) is 27. The van der Waals surface area contributed by atoms with E-state index in [0.717, 1.165) is 57.8 Å². The van der Waals surface area contributed by atoms with Crippen molar-refractivity contribution in [2.24, 2.45) is 78.8 Å². The number of carbonyl (C=O) groups excluding carboxylic acids is 11. The van der Waals surface area contributed by atoms with Crippen LogP contribution in [0.5, 0.6) is 0 Å². The third-order valence-corrected chi connectivity index (χ3v) is 21.7. The average molecular weight is 1670 g/mol. The van der Waals surface area contributed by atoms with Crippen molar-refractivity contribution in [3.05, 3.63) is 0 Å². The molecule has 117 heavy (non-hydrogen) atoms. The van der Waals surface area contributed by atoms with Crippen LogP contribution in [0.4, 0.5) is 0 Å². The lowest BCUT2D eigenvalue weighted by atomic mass is 9.86. The van der Waals surface area contributed by atoms with E-state index in [1.807, 2.05) is 145 Å². The van der Waals surface area contributed by atoms with Crippen molar-refractivity contribution < 1.29 is 129 Å². The normalized spacial score (nSPS) is 19.9. The fourth-order valence-corrected chi connectivity index (χ4v) is 11.8. The van der Waals surface area contributed by atoms with Crippen molar-refractivity contribution in [1.29, 1.82) is 0 Å². The second kappa shape index (κ2) is 51.7. The van der Waals surface area contributed by atoms with Gasteiger partial charge in [-0.1, -0.05) is 144 Å². The largest absolute Gasteiger partial charge is 0.462 e. The van der Waals surface area contributed by atoms with E-state index in [2.05, 4.69) is 20.8 Å². The van der Waals surface area contributed by atoms with E-state index in [-0.39, 0.29) is 107 Å². The molecule has 4 fully saturated rings. The predicted molar refractivity (Wildman–Crippen MR) is 442 cm³/mol. The molecule has 0 aromatic rings. The molecule has 4 aliphatic carbocycles. The number of carbonyl (C=O) groups is 11. The highest BCUT2D eigenvalue weighted by Crippen LogP contribution is 2.51. The summed E-state index contributed by atoms with van der Waals surface area (Å²) in [6.45, 7) is 55.5. The molecule has 4 aliphatic rings. The number of ether oxygens (including phenoxy) is 16. The minimum atomic E-state index is -0.789. The summed E-state index contributed by atoms with van der Waals surface area (Å²) in [6, 6.07) is 0. The molecule has 4 saturated carbocycles. The van der Waals surface area contributed by atoms with Crippen molar-refractivity contribution in [3.63, 3.8) is 0 Å². The first-order valence-corrected chi connectivity index (χ1v) is 42.7. The molecule has 0 radical (unpaired) electrons. The predicted octanol–water partition coefficient (Wildman–Crippen LogP) is 17.6. The molecule has 2 bridgehead atoms. The molecule has 9 atom stereocenters. The fraction of sp³-hybridized carbons (Fsp3) is 0.878. The highest BCUT2D eigenvalue weighted by atomic mass is 16.7. The first-order valence-electron chi connectivity index (χ1n) is 42.7. The molecule has 0 aliphatic heterocycles. The lowest BCUT2D eigenvalue weighted by molar-refractivity contribution is -0.204. The number of fused-ring (bicyclic) bond motifs is 2. The maximum Gasteiger partial charge on any atom is 0.346 e. The fourth-order valence-electron chi connectivity index (χ4n) is 11.8. The number of esters is 11. The molecule has 0 spiro atoms. The zero-order valence-electron chi connectivity index (χ0n) is 78.4. The van der Waals surface area contributed by atoms with E-state index < -0.39 is 120 Å². The lowest BCUT2D eigenvalue weighted by Crippen LogP contribution is -2.36. The smallest absolute Gasteiger partial charge is 0.346 e. The van der Waals surface area contributed by atoms with Gasteiger partial charge in [-0.15, -0.1) is 0 Å². The van der Waals surface area contributed by atoms with E-state index >= 15 is 0 Å². The lowest BCUT2D eigenvalue weighted by Gasteiger charge is -2.31. The summed E-state index contributed by atoms with van der Waals surface area (Å²) in [5.41, 5.74) is -3.14. The maximum atomic E-state index is 12.4. The Kier molecular flexibility index (Phi) is 49.0. The van der Waals surface area contributed by atoms with Crippen LogP contribution >= 0.6 is 0 Å². The molecule has 0 N–H and O–H groups in total. The van der Waals surface area contributed by atoms with Gasteiger partial charge in [0.25, 0.3) is 0 Å². The minimum Gasteiger partial charge on any atom is -0.462 e. The van der Waals surface area contributed by atoms with Gasteiger partial charge in [-0.3, -0.25) is 33.6 Å². The second-order valence-corrected chi connectivity index (χ2v) is 39.2. The Morgan fingerprint density at radius 2 is 0.769 bits per heavy atom. The molecule has 27 heteroatoms. The summed E-state index contributed by atoms with van der Waals surface area (Å²) in [4.78, 5) is 132. The van der Waals surface area contributed by atoms with Gasteiger partial charge in [0.1, 0.15) is 12.2 Å². The van der Waals surface area contributed by atoms with Crippen molar-refractivity contribution >= 4 is 65.7 Å². The molecule has 682 valence electrons. The zero-order valence-corrected chi connectivity index (χ0v) is 78.4. The molecule has 4 rings (SSSR count). The standard InChI is InChI=1S/C22H38O7.C20H36O5.C19H32O5.C15H28O5.C14H26O5/c1-7-22(5,6)20(25)27-14-17(23)26-15-18(24)29-19(13-21(2,3)4)28-16-11-9-8-10-12-16;1-8-20(5,6)18(22)24-15-11-9-14(10-12-15)17(21)25-16(23-7)13-19(2,3)4;1-7-19(4,5)18(21)23-15-10-12-8-13(15)9-14(12)16(20)24-17(22-6)11(2)3;1-8-15(6,7)14(17)18-9-12(16)20-13(10(2)3)19-11(4)5;1-8-14(5,6)11(16)18-9-10(15)19-12(17-7)13(2,3)4/h16,19H,7-15H2,1-6H3;14-16H,8-13H2,1-7H3;11-15,17H,7-10H2,1-6H3;10-11,13H,8-9H2,1-7H3;12H,8-9H2,1-7H3. The van der Waals surface area contributed by atoms with Crippen molar-refractivity contribution in [2.75, 3.05) is 47.8 Å². The number of hydrogen-bond donors (Lipinski definition) is 0. The summed E-state index contributed by atoms with van der Waals surface area (Å²) < 4.78 is 85.1. The summed E-state index contributed by atoms with van der Waals surface area (Å²) >= 11 is 0. The molecule has 27 nitrogen and oxygen atoms in total. The first kappa shape index (κ1) is 111. The van der Waals surface area contributed by atoms with Crippen LogP contribution in [-0.2, 0) is 129 Å². The topological polar surface area (TPSA) is 335 Å². The van der Waals surface area contributed by atoms with Gasteiger partial charge in [-0.25, -0.2) is 19.2 Å². The Morgan fingerprint density at radius 1 is 0.359 bits per heavy atom. The summed E-state index contributed by atoms with van der Waals surface area (Å²) in [6.07, 6.45) is 12.2. The minimum absolute atomic E-state index is 0.0267. The van der Waals surface area contributed by atoms with Crippen LogP contribution in [0.1, 0.15) is 330 Å². The van der Waals surface area contributed by atoms with Crippen LogP contribution < -0.4 is 0 Å². The summed E-state index contributed by atoms with van der Waals surface area (Å²) in [7, 11) is 4.59. The molecular formula is C90H160O27. The van der Waals surface area contributed by atoms with Gasteiger partial charge in [-0.05, 0) is 196 Å². The average Bonchev–Trinajstić information content (AvgIpc) is 1.63. The Morgan fingerprint density at radius 3 is 1.15 bits per heavy atom. The summed E-state index contributed by atoms with van der Waals surface area (Å²) in [5, 5.41) is 0. The van der Waals surface area contributed by atoms with Gasteiger partial charge in [-0.2, -0.15) is 0 Å². The van der Waals surface area contributed by atoms with Gasteiger partial charge in [0.2, 0.25) is 31.5 Å². The molecule has 0 amide bonds. The Balaban J connectivity index is 0.00000145. The summed E-state index contributed by atoms with van der Waals surface area (Å²) in [5.74, 6) is -4.11. The van der Waals surface area contributed by atoms with E-state index in [1.54, 1.807) is 55.8 Å². The van der Waals surface area contributed by atoms with E-state index in [9.17, 15) is 52.7 Å². The van der Waals surface area contributed by atoms with Crippen LogP contribution in [0.15, 0.2) is 0 Å². The highest BCUT2D eigenvalue weighted by Gasteiger charge is 2.52. The van der Waals surface area contributed by atoms with Crippen LogP contribution in [-0.4, -0.2) is 169 Å². The number of rotatable bonds is 38. The molecule has 0 aromatic heterocycles. The van der Waals surface area contributed by atoms with Crippen LogP contribution in [0.2, 0.25) is 0 Å². The highest BCUT2D eigenvalue weighted by molar-refractivity contribution is 5.82. The third kappa shape index (κ3) is 43.9. The first-order chi connectivity index (χ1) is 53.7. The van der Waals surface area contributed by atoms with E-state index in [4.69, 9.17) is 75.8 Å². The molecule has 0 heterocycles. The van der Waals surface area contributed by atoms with E-state index in [1.165, 1.54) is 13.5 Å². The quantitative estimate of drug-likeness (QED) is 0.0315. The van der Waals surface area contributed by atoms with Crippen molar-refractivity contribution in [3.8, 4) is 0 Å². The van der Waals surface area contributed by atoms with Crippen molar-refractivity contribution in [2.45, 2.75) is 386 Å². The van der Waals surface area contributed by atoms with Crippen LogP contribution in [0.25, 0.3) is 0 Å². The second-order valence-electron chi connectivity index (χ2n) is 39.2. The molecule has 0 aromatic carbocycles. The van der Waals surface area contributed by atoms with Gasteiger partial charge in [0.05, 0.1) is 51.1 Å². The van der Waals surface area contributed by atoms with Gasteiger partial charge in [0, 0.05) is 51.4 Å². The molecular weight excluding hydrogens is 1510 g/mol. The molecule has 9 unspecified atom stereocenters. The van der Waals surface area contributed by atoms with Crippen molar-refractivity contribution in [1.82, 2.24) is 0 Å². The van der Waals surface area contributed by atoms with Crippen LogP contribution in [0.3, 0.4) is 0 Å². The van der Waals surface area contributed by atoms with Crippen LogP contribution in [0, 0.1) is 78.8 Å². The SMILES string of the molecule is CCC(C)(C)C(=O)OC1CC2CC1CC2C(=O)OC(OC)C(C)C.CCC(C)(C)C(=O)OC1CCC(C(=O)OC(CC(C)(C)C)OC)CC1.CCC(C)(C)C(=O)OCC(=O)OC(OC(C)C)C(C)C.CCC(C)(C)C(=O)OCC(=O)OC(OC)C(C)(C)C.CCC(C)(C)C(=O)OCC(=O)OCC(=O)OC(CC(C)(C)C)OC1CCCCC1. The number of methoxy groups -OCH3 is 3.